The normalized spacial score (nSPS) is 19.4. The van der Waals surface area contributed by atoms with Crippen LogP contribution < -0.4 is 10.6 Å². The van der Waals surface area contributed by atoms with Crippen molar-refractivity contribution in [1.29, 1.82) is 0 Å². The van der Waals surface area contributed by atoms with Gasteiger partial charge in [-0.15, -0.1) is 0 Å². The lowest BCUT2D eigenvalue weighted by molar-refractivity contribution is -0.147. The second-order valence-electron chi connectivity index (χ2n) is 4.19. The number of esters is 1. The van der Waals surface area contributed by atoms with Gasteiger partial charge in [-0.1, -0.05) is 6.92 Å². The van der Waals surface area contributed by atoms with Crippen molar-refractivity contribution in [1.82, 2.24) is 10.6 Å². The third-order valence-corrected chi connectivity index (χ3v) is 2.93. The topological polar surface area (TPSA) is 67.4 Å². The first kappa shape index (κ1) is 13.0. The molecule has 0 bridgehead atoms. The predicted molar refractivity (Wildman–Crippen MR) is 59.8 cm³/mol. The Labute approximate surface area is 95.9 Å². The molecular formula is C11H20N2O3. The first-order valence-electron chi connectivity index (χ1n) is 5.74. The highest BCUT2D eigenvalue weighted by molar-refractivity contribution is 5.85. The van der Waals surface area contributed by atoms with Crippen LogP contribution in [0.3, 0.4) is 0 Å². The number of rotatable bonds is 5. The van der Waals surface area contributed by atoms with E-state index in [2.05, 4.69) is 10.6 Å². The summed E-state index contributed by atoms with van der Waals surface area (Å²) in [6.07, 6.45) is 0. The van der Waals surface area contributed by atoms with E-state index in [-0.39, 0.29) is 17.8 Å². The maximum absolute atomic E-state index is 11.7. The zero-order valence-electron chi connectivity index (χ0n) is 10.1. The molecule has 1 fully saturated rings. The van der Waals surface area contributed by atoms with Gasteiger partial charge in [-0.05, 0) is 32.9 Å². The van der Waals surface area contributed by atoms with Crippen LogP contribution in [0.25, 0.3) is 0 Å². The molecule has 5 heteroatoms. The second-order valence-corrected chi connectivity index (χ2v) is 4.19. The van der Waals surface area contributed by atoms with E-state index < -0.39 is 6.04 Å². The van der Waals surface area contributed by atoms with Crippen molar-refractivity contribution in [3.63, 3.8) is 0 Å². The maximum Gasteiger partial charge on any atom is 0.328 e. The van der Waals surface area contributed by atoms with E-state index in [1.54, 1.807) is 13.8 Å². The average molecular weight is 228 g/mol. The largest absolute Gasteiger partial charge is 0.464 e. The molecule has 2 N–H and O–H groups in total. The molecule has 0 radical (unpaired) electrons. The molecule has 2 unspecified atom stereocenters. The fourth-order valence-electron chi connectivity index (χ4n) is 1.55. The van der Waals surface area contributed by atoms with Gasteiger partial charge < -0.3 is 15.4 Å². The van der Waals surface area contributed by atoms with Gasteiger partial charge in [-0.2, -0.15) is 0 Å². The fourth-order valence-corrected chi connectivity index (χ4v) is 1.55. The average Bonchev–Trinajstić information content (AvgIpc) is 2.15. The number of carbonyl (C=O) groups excluding carboxylic acids is 2. The van der Waals surface area contributed by atoms with Gasteiger partial charge in [0.1, 0.15) is 6.04 Å². The molecule has 0 saturated carbocycles. The van der Waals surface area contributed by atoms with Crippen molar-refractivity contribution in [3.05, 3.63) is 0 Å². The van der Waals surface area contributed by atoms with Crippen LogP contribution in [0.4, 0.5) is 0 Å². The lowest BCUT2D eigenvalue weighted by atomic mass is 9.88. The Bertz CT molecular complexity index is 264. The molecule has 1 aliphatic heterocycles. The minimum absolute atomic E-state index is 0.0573. The zero-order chi connectivity index (χ0) is 12.1. The molecule has 1 rings (SSSR count). The van der Waals surface area contributed by atoms with Crippen molar-refractivity contribution in [2.24, 2.45) is 11.8 Å². The predicted octanol–water partition coefficient (Wildman–Crippen LogP) is -0.0903. The highest BCUT2D eigenvalue weighted by atomic mass is 16.5. The molecule has 1 heterocycles. The van der Waals surface area contributed by atoms with E-state index in [0.29, 0.717) is 12.5 Å². The minimum Gasteiger partial charge on any atom is -0.464 e. The third kappa shape index (κ3) is 3.20. The second kappa shape index (κ2) is 5.84. The smallest absolute Gasteiger partial charge is 0.328 e. The molecule has 92 valence electrons. The van der Waals surface area contributed by atoms with Crippen LogP contribution in [-0.4, -0.2) is 37.6 Å². The van der Waals surface area contributed by atoms with Crippen LogP contribution >= 0.6 is 0 Å². The van der Waals surface area contributed by atoms with E-state index in [1.807, 2.05) is 6.92 Å². The lowest BCUT2D eigenvalue weighted by Gasteiger charge is -2.32. The van der Waals surface area contributed by atoms with E-state index in [4.69, 9.17) is 4.74 Å². The highest BCUT2D eigenvalue weighted by Gasteiger charge is 2.30. The third-order valence-electron chi connectivity index (χ3n) is 2.93. The Kier molecular flexibility index (Phi) is 4.73. The standard InChI is InChI=1S/C11H20N2O3/c1-4-16-11(15)8(3)13-10(14)7(2)9-5-12-6-9/h7-9,12H,4-6H2,1-3H3,(H,13,14). The number of hydrogen-bond donors (Lipinski definition) is 2. The van der Waals surface area contributed by atoms with Gasteiger partial charge in [0.15, 0.2) is 0 Å². The highest BCUT2D eigenvalue weighted by Crippen LogP contribution is 2.15. The molecule has 0 aromatic carbocycles. The lowest BCUT2D eigenvalue weighted by Crippen LogP contribution is -2.51. The summed E-state index contributed by atoms with van der Waals surface area (Å²) in [5.41, 5.74) is 0. The molecular weight excluding hydrogens is 208 g/mol. The monoisotopic (exact) mass is 228 g/mol. The Morgan fingerprint density at radius 1 is 1.44 bits per heavy atom. The van der Waals surface area contributed by atoms with E-state index in [1.165, 1.54) is 0 Å². The number of carbonyl (C=O) groups is 2. The van der Waals surface area contributed by atoms with Crippen molar-refractivity contribution in [2.45, 2.75) is 26.8 Å². The van der Waals surface area contributed by atoms with Crippen LogP contribution in [0.15, 0.2) is 0 Å². The molecule has 0 aliphatic carbocycles. The van der Waals surface area contributed by atoms with Gasteiger partial charge in [0.2, 0.25) is 5.91 Å². The summed E-state index contributed by atoms with van der Waals surface area (Å²) in [5, 5.41) is 5.79. The van der Waals surface area contributed by atoms with Gasteiger partial charge >= 0.3 is 5.97 Å². The molecule has 5 nitrogen and oxygen atoms in total. The number of nitrogens with one attached hydrogen (secondary N) is 2. The molecule has 1 saturated heterocycles. The molecule has 0 aromatic rings. The van der Waals surface area contributed by atoms with Gasteiger partial charge in [-0.3, -0.25) is 4.79 Å². The fraction of sp³-hybridized carbons (Fsp3) is 0.818. The SMILES string of the molecule is CCOC(=O)C(C)NC(=O)C(C)C1CNC1. The Balaban J connectivity index is 2.34. The van der Waals surface area contributed by atoms with Gasteiger partial charge in [-0.25, -0.2) is 4.79 Å². The van der Waals surface area contributed by atoms with Crippen LogP contribution in [0.1, 0.15) is 20.8 Å². The Morgan fingerprint density at radius 2 is 2.06 bits per heavy atom. The number of ether oxygens (including phenoxy) is 1. The summed E-state index contributed by atoms with van der Waals surface area (Å²) in [7, 11) is 0. The summed E-state index contributed by atoms with van der Waals surface area (Å²) in [4.78, 5) is 23.1. The van der Waals surface area contributed by atoms with Crippen LogP contribution in [-0.2, 0) is 14.3 Å². The van der Waals surface area contributed by atoms with Crippen molar-refractivity contribution >= 4 is 11.9 Å². The van der Waals surface area contributed by atoms with Gasteiger partial charge in [0.05, 0.1) is 6.61 Å². The summed E-state index contributed by atoms with van der Waals surface area (Å²) >= 11 is 0. The van der Waals surface area contributed by atoms with Crippen molar-refractivity contribution in [3.8, 4) is 0 Å². The van der Waals surface area contributed by atoms with Crippen LogP contribution in [0, 0.1) is 11.8 Å². The molecule has 0 spiro atoms. The number of hydrogen-bond acceptors (Lipinski definition) is 4. The molecule has 16 heavy (non-hydrogen) atoms. The Morgan fingerprint density at radius 3 is 2.50 bits per heavy atom. The van der Waals surface area contributed by atoms with Gasteiger partial charge in [0, 0.05) is 5.92 Å². The Hall–Kier alpha value is -1.10. The minimum atomic E-state index is -0.567. The zero-order valence-corrected chi connectivity index (χ0v) is 10.1. The maximum atomic E-state index is 11.7. The van der Waals surface area contributed by atoms with Crippen molar-refractivity contribution in [2.75, 3.05) is 19.7 Å². The first-order valence-corrected chi connectivity index (χ1v) is 5.74. The van der Waals surface area contributed by atoms with E-state index in [9.17, 15) is 9.59 Å². The molecule has 1 amide bonds. The first-order chi connectivity index (χ1) is 7.56. The number of amides is 1. The van der Waals surface area contributed by atoms with Gasteiger partial charge in [0.25, 0.3) is 0 Å². The summed E-state index contributed by atoms with van der Waals surface area (Å²) in [5.74, 6) is -0.130. The van der Waals surface area contributed by atoms with Crippen LogP contribution in [0.2, 0.25) is 0 Å². The van der Waals surface area contributed by atoms with Crippen LogP contribution in [0.5, 0.6) is 0 Å². The quantitative estimate of drug-likeness (QED) is 0.645. The van der Waals surface area contributed by atoms with Crippen molar-refractivity contribution < 1.29 is 14.3 Å². The summed E-state index contributed by atoms with van der Waals surface area (Å²) < 4.78 is 4.82. The summed E-state index contributed by atoms with van der Waals surface area (Å²) in [6.45, 7) is 7.36. The molecule has 2 atom stereocenters. The summed E-state index contributed by atoms with van der Waals surface area (Å²) in [6, 6.07) is -0.567. The molecule has 0 aromatic heterocycles. The van der Waals surface area contributed by atoms with E-state index in [0.717, 1.165) is 13.1 Å². The van der Waals surface area contributed by atoms with E-state index >= 15 is 0 Å². The molecule has 1 aliphatic rings.